The molecule has 1 unspecified atom stereocenters. The van der Waals surface area contributed by atoms with Crippen LogP contribution in [0.4, 0.5) is 0 Å². The van der Waals surface area contributed by atoms with Gasteiger partial charge in [0.25, 0.3) is 0 Å². The van der Waals surface area contributed by atoms with Crippen LogP contribution in [0, 0.1) is 5.41 Å². The molecule has 0 spiro atoms. The number of carboxylic acid groups (broad SMARTS) is 1. The van der Waals surface area contributed by atoms with E-state index in [4.69, 9.17) is 16.3 Å². The van der Waals surface area contributed by atoms with Gasteiger partial charge in [0, 0.05) is 6.20 Å². The number of ether oxygens (including phenoxy) is 1. The number of carbonyl (C=O) groups is 2. The number of esters is 1. The first-order valence-corrected chi connectivity index (χ1v) is 6.35. The van der Waals surface area contributed by atoms with E-state index >= 15 is 0 Å². The van der Waals surface area contributed by atoms with Crippen molar-refractivity contribution in [2.45, 2.75) is 26.7 Å². The van der Waals surface area contributed by atoms with Crippen molar-refractivity contribution in [3.05, 3.63) is 29.0 Å². The second-order valence-corrected chi connectivity index (χ2v) is 4.51. The number of hydrogen-bond acceptors (Lipinski definition) is 4. The number of hydrogen-bond donors (Lipinski definition) is 1. The van der Waals surface area contributed by atoms with Gasteiger partial charge in [0.1, 0.15) is 5.15 Å². The van der Waals surface area contributed by atoms with Crippen molar-refractivity contribution < 1.29 is 19.4 Å². The molecule has 0 saturated carbocycles. The maximum absolute atomic E-state index is 12.0. The van der Waals surface area contributed by atoms with Crippen molar-refractivity contribution in [3.8, 4) is 0 Å². The molecule has 19 heavy (non-hydrogen) atoms. The molecule has 0 amide bonds. The molecular formula is C13H16ClNO4. The molecule has 1 aromatic heterocycles. The summed E-state index contributed by atoms with van der Waals surface area (Å²) in [4.78, 5) is 27.3. The first-order valence-electron chi connectivity index (χ1n) is 5.97. The van der Waals surface area contributed by atoms with Gasteiger partial charge in [0.15, 0.2) is 5.41 Å². The van der Waals surface area contributed by atoms with Crippen LogP contribution in [0.15, 0.2) is 18.3 Å². The van der Waals surface area contributed by atoms with E-state index in [0.29, 0.717) is 5.56 Å². The molecule has 1 heterocycles. The Hall–Kier alpha value is -1.62. The molecule has 0 fully saturated rings. The van der Waals surface area contributed by atoms with E-state index < -0.39 is 17.4 Å². The van der Waals surface area contributed by atoms with E-state index in [1.165, 1.54) is 6.20 Å². The molecular weight excluding hydrogens is 270 g/mol. The largest absolute Gasteiger partial charge is 0.480 e. The Morgan fingerprint density at radius 3 is 2.63 bits per heavy atom. The van der Waals surface area contributed by atoms with Crippen LogP contribution in [0.3, 0.4) is 0 Å². The van der Waals surface area contributed by atoms with Crippen LogP contribution in [0.5, 0.6) is 0 Å². The number of aliphatic carboxylic acids is 1. The zero-order chi connectivity index (χ0) is 14.5. The molecule has 104 valence electrons. The monoisotopic (exact) mass is 285 g/mol. The normalized spacial score (nSPS) is 13.6. The first-order chi connectivity index (χ1) is 8.96. The van der Waals surface area contributed by atoms with Gasteiger partial charge in [-0.2, -0.15) is 0 Å². The Balaban J connectivity index is 3.10. The Morgan fingerprint density at radius 2 is 2.16 bits per heavy atom. The quantitative estimate of drug-likeness (QED) is 0.493. The Bertz CT molecular complexity index is 477. The van der Waals surface area contributed by atoms with Crippen molar-refractivity contribution in [3.63, 3.8) is 0 Å². The average molecular weight is 286 g/mol. The maximum atomic E-state index is 12.0. The summed E-state index contributed by atoms with van der Waals surface area (Å²) in [6, 6.07) is 3.19. The third-order valence-electron chi connectivity index (χ3n) is 2.98. The first kappa shape index (κ1) is 15.4. The zero-order valence-electron chi connectivity index (χ0n) is 10.9. The number of rotatable bonds is 6. The minimum atomic E-state index is -1.58. The maximum Gasteiger partial charge on any atom is 0.323 e. The summed E-state index contributed by atoms with van der Waals surface area (Å²) < 4.78 is 4.89. The summed E-state index contributed by atoms with van der Waals surface area (Å²) in [6.45, 7) is 3.43. The summed E-state index contributed by atoms with van der Waals surface area (Å²) in [5, 5.41) is 9.66. The van der Waals surface area contributed by atoms with E-state index in [9.17, 15) is 14.7 Å². The van der Waals surface area contributed by atoms with Gasteiger partial charge in [-0.1, -0.05) is 18.5 Å². The highest BCUT2D eigenvalue weighted by molar-refractivity contribution is 6.29. The third kappa shape index (κ3) is 3.44. The number of carboxylic acids is 1. The smallest absolute Gasteiger partial charge is 0.323 e. The molecule has 5 nitrogen and oxygen atoms in total. The number of carbonyl (C=O) groups excluding carboxylic acids is 1. The van der Waals surface area contributed by atoms with Crippen LogP contribution in [-0.4, -0.2) is 28.6 Å². The Labute approximate surface area is 116 Å². The van der Waals surface area contributed by atoms with E-state index in [2.05, 4.69) is 4.98 Å². The summed E-state index contributed by atoms with van der Waals surface area (Å²) in [5.74, 6) is -1.92. The van der Waals surface area contributed by atoms with Crippen LogP contribution >= 0.6 is 11.6 Å². The highest BCUT2D eigenvalue weighted by atomic mass is 35.5. The molecule has 0 aliphatic rings. The van der Waals surface area contributed by atoms with Gasteiger partial charge in [0.05, 0.1) is 6.61 Å². The van der Waals surface area contributed by atoms with E-state index in [1.807, 2.05) is 0 Å². The van der Waals surface area contributed by atoms with Crippen molar-refractivity contribution in [2.24, 2.45) is 5.41 Å². The topological polar surface area (TPSA) is 76.5 Å². The molecule has 1 rings (SSSR count). The molecule has 6 heteroatoms. The van der Waals surface area contributed by atoms with E-state index in [-0.39, 0.29) is 24.6 Å². The second-order valence-electron chi connectivity index (χ2n) is 4.12. The van der Waals surface area contributed by atoms with E-state index in [1.54, 1.807) is 26.0 Å². The third-order valence-corrected chi connectivity index (χ3v) is 3.18. The lowest BCUT2D eigenvalue weighted by atomic mass is 9.79. The van der Waals surface area contributed by atoms with Crippen LogP contribution in [-0.2, 0) is 20.7 Å². The molecule has 0 bridgehead atoms. The molecule has 0 radical (unpaired) electrons. The standard InChI is InChI=1S/C13H16ClNO4/c1-3-13(11(16)17,12(18)19-4-2)8-9-5-6-15-10(14)7-9/h5-7H,3-4,8H2,1-2H3,(H,16,17). The summed E-state index contributed by atoms with van der Waals surface area (Å²) >= 11 is 5.76. The fourth-order valence-electron chi connectivity index (χ4n) is 1.83. The van der Waals surface area contributed by atoms with Gasteiger partial charge in [-0.3, -0.25) is 9.59 Å². The summed E-state index contributed by atoms with van der Waals surface area (Å²) in [5.41, 5.74) is -0.946. The molecule has 0 saturated heterocycles. The predicted octanol–water partition coefficient (Wildman–Crippen LogP) is 2.32. The number of halogens is 1. The SMILES string of the molecule is CCOC(=O)C(CC)(Cc1ccnc(Cl)c1)C(=O)O. The van der Waals surface area contributed by atoms with Crippen molar-refractivity contribution in [1.82, 2.24) is 4.98 Å². The minimum absolute atomic E-state index is 0.0277. The van der Waals surface area contributed by atoms with Gasteiger partial charge < -0.3 is 9.84 Å². The zero-order valence-corrected chi connectivity index (χ0v) is 11.6. The van der Waals surface area contributed by atoms with E-state index in [0.717, 1.165) is 0 Å². The van der Waals surface area contributed by atoms with Gasteiger partial charge in [-0.25, -0.2) is 4.98 Å². The van der Waals surface area contributed by atoms with Gasteiger partial charge >= 0.3 is 11.9 Å². The van der Waals surface area contributed by atoms with Crippen molar-refractivity contribution >= 4 is 23.5 Å². The van der Waals surface area contributed by atoms with Crippen LogP contribution < -0.4 is 0 Å². The molecule has 0 aliphatic heterocycles. The summed E-state index contributed by atoms with van der Waals surface area (Å²) in [6.07, 6.45) is 1.64. The van der Waals surface area contributed by atoms with Crippen LogP contribution in [0.25, 0.3) is 0 Å². The fourth-order valence-corrected chi connectivity index (χ4v) is 2.02. The molecule has 1 aromatic rings. The predicted molar refractivity (Wildman–Crippen MR) is 69.9 cm³/mol. The van der Waals surface area contributed by atoms with Gasteiger partial charge in [-0.05, 0) is 37.5 Å². The fraction of sp³-hybridized carbons (Fsp3) is 0.462. The Kier molecular flexibility index (Phi) is 5.30. The van der Waals surface area contributed by atoms with Crippen LogP contribution in [0.1, 0.15) is 25.8 Å². The van der Waals surface area contributed by atoms with Gasteiger partial charge in [-0.15, -0.1) is 0 Å². The number of pyridine rings is 1. The lowest BCUT2D eigenvalue weighted by Crippen LogP contribution is -2.42. The highest BCUT2D eigenvalue weighted by Gasteiger charge is 2.46. The minimum Gasteiger partial charge on any atom is -0.480 e. The lowest BCUT2D eigenvalue weighted by Gasteiger charge is -2.25. The molecule has 0 aliphatic carbocycles. The van der Waals surface area contributed by atoms with Crippen LogP contribution in [0.2, 0.25) is 5.15 Å². The lowest BCUT2D eigenvalue weighted by molar-refractivity contribution is -0.168. The highest BCUT2D eigenvalue weighted by Crippen LogP contribution is 2.30. The van der Waals surface area contributed by atoms with Crippen molar-refractivity contribution in [1.29, 1.82) is 0 Å². The number of nitrogens with zero attached hydrogens (tertiary/aromatic N) is 1. The summed E-state index contributed by atoms with van der Waals surface area (Å²) in [7, 11) is 0. The van der Waals surface area contributed by atoms with Gasteiger partial charge in [0.2, 0.25) is 0 Å². The van der Waals surface area contributed by atoms with Crippen molar-refractivity contribution in [2.75, 3.05) is 6.61 Å². The molecule has 1 N–H and O–H groups in total. The average Bonchev–Trinajstić information content (AvgIpc) is 2.36. The second kappa shape index (κ2) is 6.52. The number of aromatic nitrogens is 1. The Morgan fingerprint density at radius 1 is 1.47 bits per heavy atom. The molecule has 1 atom stereocenters. The molecule has 0 aromatic carbocycles.